The van der Waals surface area contributed by atoms with E-state index in [1.165, 1.54) is 34.4 Å². The third-order valence-corrected chi connectivity index (χ3v) is 5.94. The van der Waals surface area contributed by atoms with Gasteiger partial charge in [-0.3, -0.25) is 0 Å². The summed E-state index contributed by atoms with van der Waals surface area (Å²) in [6.07, 6.45) is 2.48. The van der Waals surface area contributed by atoms with Crippen LogP contribution in [0.5, 0.6) is 0 Å². The summed E-state index contributed by atoms with van der Waals surface area (Å²) in [6.45, 7) is 3.51. The molecule has 0 saturated heterocycles. The Kier molecular flexibility index (Phi) is 4.90. The summed E-state index contributed by atoms with van der Waals surface area (Å²) >= 11 is 2.06. The van der Waals surface area contributed by atoms with Crippen LogP contribution in [0.25, 0.3) is 0 Å². The molecular weight excluding hydrogens is 286 g/mol. The Labute approximate surface area is 138 Å². The number of nitrogens with zero attached hydrogens (tertiary/aromatic N) is 1. The van der Waals surface area contributed by atoms with Gasteiger partial charge in [0.05, 0.1) is 0 Å². The Balaban J connectivity index is 1.95. The zero-order chi connectivity index (χ0) is 15.5. The quantitative estimate of drug-likeness (QED) is 0.751. The van der Waals surface area contributed by atoms with Crippen LogP contribution >= 0.6 is 11.8 Å². The molecule has 2 atom stereocenters. The van der Waals surface area contributed by atoms with Crippen molar-refractivity contribution in [3.63, 3.8) is 0 Å². The van der Waals surface area contributed by atoms with E-state index in [1.807, 2.05) is 0 Å². The van der Waals surface area contributed by atoms with Crippen molar-refractivity contribution in [2.45, 2.75) is 35.8 Å². The minimum absolute atomic E-state index is 0.485. The molecule has 0 saturated carbocycles. The molecule has 0 aromatic heterocycles. The third-order valence-electron chi connectivity index (χ3n) is 4.54. The van der Waals surface area contributed by atoms with Gasteiger partial charge in [0, 0.05) is 16.1 Å². The molecular formula is C20H25NS. The fourth-order valence-electron chi connectivity index (χ4n) is 3.34. The van der Waals surface area contributed by atoms with Crippen molar-refractivity contribution in [1.29, 1.82) is 0 Å². The van der Waals surface area contributed by atoms with Gasteiger partial charge in [0.25, 0.3) is 0 Å². The van der Waals surface area contributed by atoms with E-state index in [4.69, 9.17) is 0 Å². The van der Waals surface area contributed by atoms with Crippen LogP contribution in [-0.4, -0.2) is 25.5 Å². The number of hydrogen-bond acceptors (Lipinski definition) is 2. The summed E-state index contributed by atoms with van der Waals surface area (Å²) < 4.78 is 0. The SMILES string of the molecule is C[C@@H]1c2ccccc2S[C@@H](CCCN(C)C)c2ccccc21. The zero-order valence-electron chi connectivity index (χ0n) is 13.8. The first-order valence-corrected chi connectivity index (χ1v) is 9.04. The Morgan fingerprint density at radius 3 is 2.27 bits per heavy atom. The van der Waals surface area contributed by atoms with E-state index in [1.54, 1.807) is 0 Å². The molecule has 0 bridgehead atoms. The Bertz CT molecular complexity index is 635. The van der Waals surface area contributed by atoms with E-state index in [0.717, 1.165) is 6.54 Å². The largest absolute Gasteiger partial charge is 0.309 e. The minimum Gasteiger partial charge on any atom is -0.309 e. The maximum atomic E-state index is 2.35. The fourth-order valence-corrected chi connectivity index (χ4v) is 4.81. The lowest BCUT2D eigenvalue weighted by Gasteiger charge is -2.19. The molecule has 1 aliphatic rings. The van der Waals surface area contributed by atoms with Gasteiger partial charge in [-0.15, -0.1) is 11.8 Å². The average Bonchev–Trinajstić information content (AvgIpc) is 2.64. The number of rotatable bonds is 4. The second-order valence-corrected chi connectivity index (χ2v) is 7.68. The molecule has 2 aromatic rings. The van der Waals surface area contributed by atoms with E-state index in [-0.39, 0.29) is 0 Å². The predicted octanol–water partition coefficient (Wildman–Crippen LogP) is 5.33. The van der Waals surface area contributed by atoms with Crippen molar-refractivity contribution in [3.05, 3.63) is 65.2 Å². The number of fused-ring (bicyclic) bond motifs is 2. The Morgan fingerprint density at radius 1 is 0.909 bits per heavy atom. The maximum absolute atomic E-state index is 2.35. The maximum Gasteiger partial charge on any atom is 0.0348 e. The normalized spacial score (nSPS) is 20.4. The van der Waals surface area contributed by atoms with Gasteiger partial charge in [-0.25, -0.2) is 0 Å². The van der Waals surface area contributed by atoms with Gasteiger partial charge in [-0.05, 0) is 56.2 Å². The molecule has 0 unspecified atom stereocenters. The van der Waals surface area contributed by atoms with Gasteiger partial charge in [0.15, 0.2) is 0 Å². The van der Waals surface area contributed by atoms with Gasteiger partial charge in [0.1, 0.15) is 0 Å². The first kappa shape index (κ1) is 15.6. The van der Waals surface area contributed by atoms with Crippen LogP contribution in [0.3, 0.4) is 0 Å². The van der Waals surface area contributed by atoms with Crippen LogP contribution in [0, 0.1) is 0 Å². The molecule has 0 aliphatic carbocycles. The molecule has 1 heterocycles. The molecule has 0 fully saturated rings. The van der Waals surface area contributed by atoms with Gasteiger partial charge in [0.2, 0.25) is 0 Å². The van der Waals surface area contributed by atoms with E-state index >= 15 is 0 Å². The summed E-state index contributed by atoms with van der Waals surface area (Å²) in [5, 5.41) is 0.572. The summed E-state index contributed by atoms with van der Waals surface area (Å²) in [5.41, 5.74) is 4.53. The Hall–Kier alpha value is -1.25. The molecule has 1 nitrogen and oxygen atoms in total. The van der Waals surface area contributed by atoms with Crippen molar-refractivity contribution >= 4 is 11.8 Å². The van der Waals surface area contributed by atoms with E-state index in [2.05, 4.69) is 86.2 Å². The second-order valence-electron chi connectivity index (χ2n) is 6.44. The van der Waals surface area contributed by atoms with E-state index in [0.29, 0.717) is 11.2 Å². The molecule has 2 aromatic carbocycles. The van der Waals surface area contributed by atoms with Crippen molar-refractivity contribution in [1.82, 2.24) is 4.90 Å². The second kappa shape index (κ2) is 6.89. The molecule has 0 amide bonds. The standard InChI is InChI=1S/C20H25NS/c1-15-16-9-4-5-11-18(16)20(13-8-14-21(2)3)22-19-12-7-6-10-17(15)19/h4-7,9-12,15,20H,8,13-14H2,1-3H3/t15-,20-/m0/s1. The van der Waals surface area contributed by atoms with Crippen LogP contribution in [0.1, 0.15) is 47.6 Å². The number of benzene rings is 2. The minimum atomic E-state index is 0.485. The lowest BCUT2D eigenvalue weighted by Crippen LogP contribution is -2.13. The molecule has 0 radical (unpaired) electrons. The zero-order valence-corrected chi connectivity index (χ0v) is 14.6. The van der Waals surface area contributed by atoms with Crippen molar-refractivity contribution < 1.29 is 0 Å². The van der Waals surface area contributed by atoms with Crippen LogP contribution in [0.4, 0.5) is 0 Å². The molecule has 1 aliphatic heterocycles. The molecule has 22 heavy (non-hydrogen) atoms. The van der Waals surface area contributed by atoms with Gasteiger partial charge < -0.3 is 4.90 Å². The van der Waals surface area contributed by atoms with Crippen LogP contribution in [0.15, 0.2) is 53.4 Å². The topological polar surface area (TPSA) is 3.24 Å². The number of hydrogen-bond donors (Lipinski definition) is 0. The lowest BCUT2D eigenvalue weighted by atomic mass is 9.88. The monoisotopic (exact) mass is 311 g/mol. The summed E-state index contributed by atoms with van der Waals surface area (Å²) in [4.78, 5) is 3.74. The third kappa shape index (κ3) is 3.23. The highest BCUT2D eigenvalue weighted by atomic mass is 32.2. The highest BCUT2D eigenvalue weighted by Crippen LogP contribution is 2.48. The van der Waals surface area contributed by atoms with Crippen LogP contribution < -0.4 is 0 Å². The van der Waals surface area contributed by atoms with Gasteiger partial charge >= 0.3 is 0 Å². The summed E-state index contributed by atoms with van der Waals surface area (Å²) in [6, 6.07) is 18.0. The summed E-state index contributed by atoms with van der Waals surface area (Å²) in [7, 11) is 4.32. The fraction of sp³-hybridized carbons (Fsp3) is 0.400. The van der Waals surface area contributed by atoms with E-state index in [9.17, 15) is 0 Å². The van der Waals surface area contributed by atoms with Crippen LogP contribution in [0.2, 0.25) is 0 Å². The van der Waals surface area contributed by atoms with Crippen molar-refractivity contribution in [3.8, 4) is 0 Å². The molecule has 0 spiro atoms. The Morgan fingerprint density at radius 2 is 1.55 bits per heavy atom. The van der Waals surface area contributed by atoms with Crippen molar-refractivity contribution in [2.24, 2.45) is 0 Å². The summed E-state index contributed by atoms with van der Waals surface area (Å²) in [5.74, 6) is 0.485. The van der Waals surface area contributed by atoms with Gasteiger partial charge in [-0.1, -0.05) is 49.4 Å². The first-order valence-electron chi connectivity index (χ1n) is 8.16. The molecule has 2 heteroatoms. The highest BCUT2D eigenvalue weighted by Gasteiger charge is 2.26. The highest BCUT2D eigenvalue weighted by molar-refractivity contribution is 7.99. The van der Waals surface area contributed by atoms with E-state index < -0.39 is 0 Å². The average molecular weight is 311 g/mol. The molecule has 3 rings (SSSR count). The van der Waals surface area contributed by atoms with Crippen molar-refractivity contribution in [2.75, 3.05) is 20.6 Å². The molecule has 0 N–H and O–H groups in total. The van der Waals surface area contributed by atoms with Crippen LogP contribution in [-0.2, 0) is 0 Å². The smallest absolute Gasteiger partial charge is 0.0348 e. The predicted molar refractivity (Wildman–Crippen MR) is 96.8 cm³/mol. The molecule has 116 valence electrons. The lowest BCUT2D eigenvalue weighted by molar-refractivity contribution is 0.393. The van der Waals surface area contributed by atoms with Gasteiger partial charge in [-0.2, -0.15) is 0 Å². The number of thioether (sulfide) groups is 1. The first-order chi connectivity index (χ1) is 10.7.